The number of hydrogen-bond donors (Lipinski definition) is 3. The Balaban J connectivity index is 0.00000192. The molecule has 9 heteroatoms. The monoisotopic (exact) mass is 338 g/mol. The van der Waals surface area contributed by atoms with Crippen LogP contribution >= 0.6 is 12.4 Å². The molecule has 0 aromatic carbocycles. The minimum absolute atomic E-state index is 0. The van der Waals surface area contributed by atoms with Crippen molar-refractivity contribution >= 4 is 24.3 Å². The molecule has 0 bridgehead atoms. The zero-order valence-electron chi connectivity index (χ0n) is 12.7. The number of rotatable bonds is 3. The third-order valence-electron chi connectivity index (χ3n) is 3.77. The number of carbonyl (C=O) groups excluding carboxylic acids is 1. The van der Waals surface area contributed by atoms with Crippen LogP contribution in [-0.2, 0) is 7.05 Å². The van der Waals surface area contributed by atoms with E-state index in [1.807, 2.05) is 0 Å². The standard InChI is InChI=1S/C14H18N6O2.ClH/c1-20-14(17-11(19-20)9-4-7-15-8-5-9)18-13(22)10-3-2-6-16-12(10)21;/h2-3,6,9,15H,4-5,7-8H2,1H3,(H,16,21)(H,17,18,19,22);1H. The number of pyridine rings is 1. The van der Waals surface area contributed by atoms with Crippen LogP contribution in [0.4, 0.5) is 5.95 Å². The van der Waals surface area contributed by atoms with E-state index < -0.39 is 11.5 Å². The van der Waals surface area contributed by atoms with Crippen molar-refractivity contribution in [2.45, 2.75) is 18.8 Å². The number of aromatic amines is 1. The van der Waals surface area contributed by atoms with E-state index >= 15 is 0 Å². The molecule has 23 heavy (non-hydrogen) atoms. The third kappa shape index (κ3) is 3.77. The molecule has 0 saturated carbocycles. The first-order valence-corrected chi connectivity index (χ1v) is 7.26. The Hall–Kier alpha value is -2.19. The number of aryl methyl sites for hydroxylation is 1. The van der Waals surface area contributed by atoms with E-state index in [-0.39, 0.29) is 18.0 Å². The minimum atomic E-state index is -0.491. The molecule has 0 radical (unpaired) electrons. The molecule has 2 aromatic heterocycles. The average Bonchev–Trinajstić information content (AvgIpc) is 2.89. The van der Waals surface area contributed by atoms with Crippen LogP contribution in [0.1, 0.15) is 34.9 Å². The SMILES string of the molecule is Cl.Cn1nc(C2CCNCC2)nc1NC(=O)c1ccc[nH]c1=O. The van der Waals surface area contributed by atoms with Gasteiger partial charge in [0.25, 0.3) is 11.5 Å². The Morgan fingerprint density at radius 1 is 1.39 bits per heavy atom. The van der Waals surface area contributed by atoms with Crippen molar-refractivity contribution in [1.82, 2.24) is 25.1 Å². The summed E-state index contributed by atoms with van der Waals surface area (Å²) >= 11 is 0. The molecule has 0 spiro atoms. The van der Waals surface area contributed by atoms with Gasteiger partial charge in [-0.2, -0.15) is 10.1 Å². The number of amides is 1. The fourth-order valence-electron chi connectivity index (χ4n) is 2.54. The van der Waals surface area contributed by atoms with Crippen LogP contribution in [0.5, 0.6) is 0 Å². The molecule has 1 amide bonds. The summed E-state index contributed by atoms with van der Waals surface area (Å²) in [5, 5.41) is 10.3. The first-order valence-electron chi connectivity index (χ1n) is 7.26. The summed E-state index contributed by atoms with van der Waals surface area (Å²) in [5.74, 6) is 0.899. The van der Waals surface area contributed by atoms with E-state index in [4.69, 9.17) is 0 Å². The fraction of sp³-hybridized carbons (Fsp3) is 0.429. The second-order valence-corrected chi connectivity index (χ2v) is 5.31. The molecule has 2 aromatic rings. The molecule has 0 atom stereocenters. The van der Waals surface area contributed by atoms with Gasteiger partial charge in [-0.25, -0.2) is 4.68 Å². The lowest BCUT2D eigenvalue weighted by Gasteiger charge is -2.19. The quantitative estimate of drug-likeness (QED) is 0.762. The normalized spacial score (nSPS) is 15.0. The molecular formula is C14H19ClN6O2. The topological polar surface area (TPSA) is 105 Å². The van der Waals surface area contributed by atoms with E-state index in [0.29, 0.717) is 11.9 Å². The van der Waals surface area contributed by atoms with E-state index in [9.17, 15) is 9.59 Å². The summed E-state index contributed by atoms with van der Waals surface area (Å²) < 4.78 is 1.53. The van der Waals surface area contributed by atoms with Crippen molar-refractivity contribution in [3.8, 4) is 0 Å². The first-order chi connectivity index (χ1) is 10.6. The first kappa shape index (κ1) is 17.2. The van der Waals surface area contributed by atoms with Gasteiger partial charge in [-0.3, -0.25) is 14.9 Å². The maximum absolute atomic E-state index is 12.2. The summed E-state index contributed by atoms with van der Waals surface area (Å²) in [6.07, 6.45) is 3.45. The van der Waals surface area contributed by atoms with Gasteiger partial charge in [0, 0.05) is 19.2 Å². The van der Waals surface area contributed by atoms with Gasteiger partial charge in [0.1, 0.15) is 5.56 Å². The van der Waals surface area contributed by atoms with E-state index in [1.165, 1.54) is 16.9 Å². The molecule has 1 fully saturated rings. The van der Waals surface area contributed by atoms with Crippen molar-refractivity contribution in [1.29, 1.82) is 0 Å². The third-order valence-corrected chi connectivity index (χ3v) is 3.77. The van der Waals surface area contributed by atoms with Gasteiger partial charge in [0.2, 0.25) is 5.95 Å². The number of hydrogen-bond acceptors (Lipinski definition) is 5. The van der Waals surface area contributed by atoms with Gasteiger partial charge in [-0.05, 0) is 38.1 Å². The largest absolute Gasteiger partial charge is 0.328 e. The lowest BCUT2D eigenvalue weighted by atomic mass is 9.98. The predicted molar refractivity (Wildman–Crippen MR) is 88.1 cm³/mol. The van der Waals surface area contributed by atoms with Crippen LogP contribution in [0, 0.1) is 0 Å². The molecule has 0 aliphatic carbocycles. The summed E-state index contributed by atoms with van der Waals surface area (Å²) in [5.41, 5.74) is -0.380. The van der Waals surface area contributed by atoms with Gasteiger partial charge >= 0.3 is 0 Å². The van der Waals surface area contributed by atoms with Crippen LogP contribution in [0.25, 0.3) is 0 Å². The number of carbonyl (C=O) groups is 1. The second kappa shape index (κ2) is 7.38. The molecule has 8 nitrogen and oxygen atoms in total. The zero-order valence-corrected chi connectivity index (χ0v) is 13.5. The molecule has 1 saturated heterocycles. The predicted octanol–water partition coefficient (Wildman–Crippen LogP) is 0.645. The van der Waals surface area contributed by atoms with Crippen LogP contribution in [0.2, 0.25) is 0 Å². The van der Waals surface area contributed by atoms with Crippen LogP contribution in [-0.4, -0.2) is 38.7 Å². The van der Waals surface area contributed by atoms with Crippen molar-refractivity contribution in [3.05, 3.63) is 40.1 Å². The van der Waals surface area contributed by atoms with Crippen LogP contribution < -0.4 is 16.2 Å². The van der Waals surface area contributed by atoms with Crippen molar-refractivity contribution in [2.24, 2.45) is 7.05 Å². The maximum atomic E-state index is 12.2. The second-order valence-electron chi connectivity index (χ2n) is 5.31. The Labute approximate surface area is 139 Å². The number of piperidine rings is 1. The van der Waals surface area contributed by atoms with E-state index in [2.05, 4.69) is 25.7 Å². The van der Waals surface area contributed by atoms with Gasteiger partial charge < -0.3 is 10.3 Å². The maximum Gasteiger partial charge on any atom is 0.263 e. The molecule has 124 valence electrons. The fourth-order valence-corrected chi connectivity index (χ4v) is 2.54. The number of H-pyrrole nitrogens is 1. The number of nitrogens with zero attached hydrogens (tertiary/aromatic N) is 3. The van der Waals surface area contributed by atoms with E-state index in [0.717, 1.165) is 31.8 Å². The summed E-state index contributed by atoms with van der Waals surface area (Å²) in [6.45, 7) is 1.90. The van der Waals surface area contributed by atoms with Gasteiger partial charge in [0.05, 0.1) is 0 Å². The molecule has 3 N–H and O–H groups in total. The number of nitrogens with one attached hydrogen (secondary N) is 3. The Morgan fingerprint density at radius 2 is 2.13 bits per heavy atom. The summed E-state index contributed by atoms with van der Waals surface area (Å²) in [6, 6.07) is 3.08. The van der Waals surface area contributed by atoms with Gasteiger partial charge in [-0.15, -0.1) is 12.4 Å². The highest BCUT2D eigenvalue weighted by atomic mass is 35.5. The van der Waals surface area contributed by atoms with E-state index in [1.54, 1.807) is 13.1 Å². The molecule has 3 rings (SSSR count). The summed E-state index contributed by atoms with van der Waals surface area (Å²) in [4.78, 5) is 30.7. The number of anilines is 1. The molecular weight excluding hydrogens is 320 g/mol. The van der Waals surface area contributed by atoms with Crippen molar-refractivity contribution in [3.63, 3.8) is 0 Å². The molecule has 1 aliphatic rings. The number of halogens is 1. The van der Waals surface area contributed by atoms with Crippen molar-refractivity contribution < 1.29 is 4.79 Å². The highest BCUT2D eigenvalue weighted by Gasteiger charge is 2.21. The van der Waals surface area contributed by atoms with Gasteiger partial charge in [-0.1, -0.05) is 0 Å². The lowest BCUT2D eigenvalue weighted by Crippen LogP contribution is -2.27. The Morgan fingerprint density at radius 3 is 2.83 bits per heavy atom. The smallest absolute Gasteiger partial charge is 0.263 e. The molecule has 0 unspecified atom stereocenters. The zero-order chi connectivity index (χ0) is 15.5. The highest BCUT2D eigenvalue weighted by Crippen LogP contribution is 2.23. The Kier molecular flexibility index (Phi) is 5.51. The highest BCUT2D eigenvalue weighted by molar-refractivity contribution is 6.03. The summed E-state index contributed by atoms with van der Waals surface area (Å²) in [7, 11) is 1.72. The molecule has 3 heterocycles. The van der Waals surface area contributed by atoms with Crippen molar-refractivity contribution in [2.75, 3.05) is 18.4 Å². The van der Waals surface area contributed by atoms with Gasteiger partial charge in [0.15, 0.2) is 5.82 Å². The Bertz CT molecular complexity index is 735. The molecule has 1 aliphatic heterocycles. The van der Waals surface area contributed by atoms with Crippen LogP contribution in [0.3, 0.4) is 0 Å². The minimum Gasteiger partial charge on any atom is -0.328 e. The average molecular weight is 339 g/mol. The lowest BCUT2D eigenvalue weighted by molar-refractivity contribution is 0.102. The number of aromatic nitrogens is 4. The van der Waals surface area contributed by atoms with Crippen LogP contribution in [0.15, 0.2) is 23.1 Å².